The Bertz CT molecular complexity index is 1650. The van der Waals surface area contributed by atoms with Crippen LogP contribution in [-0.4, -0.2) is 65.7 Å². The molecule has 0 unspecified atom stereocenters. The molecule has 4 rings (SSSR count). The van der Waals surface area contributed by atoms with Crippen LogP contribution in [0.25, 0.3) is 11.2 Å². The Morgan fingerprint density at radius 1 is 1.08 bits per heavy atom. The molecule has 1 aliphatic heterocycles. The Morgan fingerprint density at radius 3 is 2.22 bits per heavy atom. The number of nitrogens with zero attached hydrogens (tertiary/aromatic N) is 4. The average Bonchev–Trinajstić information content (AvgIpc) is 3.08. The highest BCUT2D eigenvalue weighted by Crippen LogP contribution is 2.36. The number of rotatable bonds is 6. The molecule has 11 nitrogen and oxygen atoms in total. The number of halogens is 3. The summed E-state index contributed by atoms with van der Waals surface area (Å²) in [6.45, 7) is -1.35. The third kappa shape index (κ3) is 4.87. The lowest BCUT2D eigenvalue weighted by molar-refractivity contribution is -0.139. The molecule has 0 atom stereocenters. The summed E-state index contributed by atoms with van der Waals surface area (Å²) in [5.41, 5.74) is -3.25. The second-order valence-electron chi connectivity index (χ2n) is 8.52. The van der Waals surface area contributed by atoms with Gasteiger partial charge in [-0.1, -0.05) is 12.1 Å². The van der Waals surface area contributed by atoms with Crippen LogP contribution in [0.4, 0.5) is 13.2 Å². The number of alkyl halides is 3. The molecular weight excluding hydrogens is 541 g/mol. The number of carbonyl (C=O) groups is 1. The monoisotopic (exact) mass is 562 g/mol. The van der Waals surface area contributed by atoms with Crippen molar-refractivity contribution in [2.45, 2.75) is 41.4 Å². The first kappa shape index (κ1) is 26.8. The van der Waals surface area contributed by atoms with Crippen LogP contribution >= 0.6 is 0 Å². The van der Waals surface area contributed by atoms with Crippen LogP contribution in [0.3, 0.4) is 0 Å². The third-order valence-electron chi connectivity index (χ3n) is 6.09. The largest absolute Gasteiger partial charge is 0.480 e. The van der Waals surface area contributed by atoms with E-state index in [1.807, 2.05) is 0 Å². The normalized spacial score (nSPS) is 16.3. The molecule has 0 saturated carbocycles. The van der Waals surface area contributed by atoms with Gasteiger partial charge >= 0.3 is 17.8 Å². The second-order valence-corrected chi connectivity index (χ2v) is 12.4. The molecular formula is C21H21F3N4O7S2. The van der Waals surface area contributed by atoms with Crippen molar-refractivity contribution in [1.29, 1.82) is 0 Å². The van der Waals surface area contributed by atoms with Crippen LogP contribution in [-0.2, 0) is 37.4 Å². The molecule has 1 fully saturated rings. The van der Waals surface area contributed by atoms with E-state index in [9.17, 15) is 44.7 Å². The number of carboxylic acids is 1. The molecule has 0 amide bonds. The molecule has 3 heterocycles. The van der Waals surface area contributed by atoms with E-state index in [-0.39, 0.29) is 36.5 Å². The van der Waals surface area contributed by atoms with Crippen LogP contribution in [0.5, 0.6) is 0 Å². The van der Waals surface area contributed by atoms with E-state index in [2.05, 4.69) is 4.98 Å². The van der Waals surface area contributed by atoms with Gasteiger partial charge in [-0.25, -0.2) is 26.6 Å². The number of carboxylic acid groups (broad SMARTS) is 1. The lowest BCUT2D eigenvalue weighted by Crippen LogP contribution is -2.41. The first-order valence-corrected chi connectivity index (χ1v) is 14.1. The van der Waals surface area contributed by atoms with Gasteiger partial charge in [0.1, 0.15) is 17.0 Å². The minimum Gasteiger partial charge on any atom is -0.480 e. The van der Waals surface area contributed by atoms with E-state index in [0.717, 1.165) is 21.3 Å². The van der Waals surface area contributed by atoms with Gasteiger partial charge in [0.05, 0.1) is 10.5 Å². The quantitative estimate of drug-likeness (QED) is 0.478. The van der Waals surface area contributed by atoms with E-state index in [0.29, 0.717) is 10.6 Å². The van der Waals surface area contributed by atoms with Crippen molar-refractivity contribution in [2.24, 2.45) is 0 Å². The Balaban J connectivity index is 1.72. The highest BCUT2D eigenvalue weighted by molar-refractivity contribution is 7.93. The SMILES string of the molecule is CS(=O)(=O)c1ccccc1S(=O)(=O)N1CCC(n2c(=O)n(CC(=O)O)c3c(C(F)(F)F)ccnc32)CC1. The van der Waals surface area contributed by atoms with Crippen molar-refractivity contribution in [2.75, 3.05) is 19.3 Å². The van der Waals surface area contributed by atoms with Gasteiger partial charge in [0.15, 0.2) is 15.5 Å². The molecule has 1 saturated heterocycles. The zero-order valence-electron chi connectivity index (χ0n) is 19.2. The molecule has 3 aromatic rings. The zero-order chi connectivity index (χ0) is 27.3. The first-order chi connectivity index (χ1) is 17.1. The fourth-order valence-corrected chi connectivity index (χ4v) is 7.56. The Kier molecular flexibility index (Phi) is 6.71. The molecule has 1 aliphatic rings. The van der Waals surface area contributed by atoms with E-state index < -0.39 is 66.3 Å². The Hall–Kier alpha value is -3.24. The van der Waals surface area contributed by atoms with Crippen LogP contribution in [0.1, 0.15) is 24.4 Å². The van der Waals surface area contributed by atoms with Gasteiger partial charge in [0.2, 0.25) is 10.0 Å². The van der Waals surface area contributed by atoms with Crippen molar-refractivity contribution >= 4 is 37.0 Å². The number of sulfonamides is 1. The minimum absolute atomic E-state index is 0.00963. The standard InChI is InChI=1S/C21H21F3N4O7S2/c1-36(32,33)15-4-2-3-5-16(15)37(34,35)26-10-7-13(8-11-26)28-19-18(27(20(28)31)12-17(29)30)14(6-9-25-19)21(22,23)24/h2-6,9,13H,7-8,10-12H2,1H3,(H,29,30). The molecule has 1 N–H and O–H groups in total. The van der Waals surface area contributed by atoms with E-state index in [1.165, 1.54) is 24.3 Å². The smallest absolute Gasteiger partial charge is 0.418 e. The molecule has 200 valence electrons. The number of aromatic nitrogens is 3. The predicted molar refractivity (Wildman–Crippen MR) is 123 cm³/mol. The number of hydrogen-bond acceptors (Lipinski definition) is 7. The summed E-state index contributed by atoms with van der Waals surface area (Å²) in [7, 11) is -8.12. The number of pyridine rings is 1. The Labute approximate surface area is 208 Å². The average molecular weight is 563 g/mol. The minimum atomic E-state index is -4.88. The number of piperidine rings is 1. The Morgan fingerprint density at radius 2 is 1.68 bits per heavy atom. The fraction of sp³-hybridized carbons (Fsp3) is 0.381. The summed E-state index contributed by atoms with van der Waals surface area (Å²) in [6.07, 6.45) is -3.15. The lowest BCUT2D eigenvalue weighted by Gasteiger charge is -2.32. The van der Waals surface area contributed by atoms with Crippen LogP contribution < -0.4 is 5.69 Å². The molecule has 0 spiro atoms. The summed E-state index contributed by atoms with van der Waals surface area (Å²) < 4.78 is 94.2. The second kappa shape index (κ2) is 9.25. The van der Waals surface area contributed by atoms with Gasteiger partial charge < -0.3 is 5.11 Å². The summed E-state index contributed by atoms with van der Waals surface area (Å²) in [5, 5.41) is 9.19. The predicted octanol–water partition coefficient (Wildman–Crippen LogP) is 1.73. The zero-order valence-corrected chi connectivity index (χ0v) is 20.8. The molecule has 0 aliphatic carbocycles. The molecule has 0 bridgehead atoms. The number of benzene rings is 1. The summed E-state index contributed by atoms with van der Waals surface area (Å²) >= 11 is 0. The van der Waals surface area contributed by atoms with Gasteiger partial charge in [0.25, 0.3) is 0 Å². The van der Waals surface area contributed by atoms with Crippen molar-refractivity contribution < 1.29 is 39.9 Å². The van der Waals surface area contributed by atoms with Crippen molar-refractivity contribution in [3.05, 3.63) is 52.6 Å². The molecule has 16 heteroatoms. The topological polar surface area (TPSA) is 149 Å². The highest BCUT2D eigenvalue weighted by Gasteiger charge is 2.38. The lowest BCUT2D eigenvalue weighted by atomic mass is 10.1. The maximum absolute atomic E-state index is 13.7. The van der Waals surface area contributed by atoms with Gasteiger partial charge in [-0.2, -0.15) is 17.5 Å². The van der Waals surface area contributed by atoms with Gasteiger partial charge in [0, 0.05) is 31.6 Å². The fourth-order valence-electron chi connectivity index (χ4n) is 4.49. The summed E-state index contributed by atoms with van der Waals surface area (Å²) in [5.74, 6) is -1.52. The summed E-state index contributed by atoms with van der Waals surface area (Å²) in [6, 6.07) is 5.00. The third-order valence-corrected chi connectivity index (χ3v) is 9.33. The maximum atomic E-state index is 13.7. The number of hydrogen-bond donors (Lipinski definition) is 1. The number of sulfone groups is 1. The van der Waals surface area contributed by atoms with Gasteiger partial charge in [-0.3, -0.25) is 13.9 Å². The van der Waals surface area contributed by atoms with E-state index in [1.54, 1.807) is 0 Å². The van der Waals surface area contributed by atoms with Crippen LogP contribution in [0.2, 0.25) is 0 Å². The van der Waals surface area contributed by atoms with E-state index in [4.69, 9.17) is 0 Å². The number of imidazole rings is 1. The van der Waals surface area contributed by atoms with Crippen molar-refractivity contribution in [3.63, 3.8) is 0 Å². The molecule has 37 heavy (non-hydrogen) atoms. The molecule has 0 radical (unpaired) electrons. The van der Waals surface area contributed by atoms with Gasteiger partial charge in [-0.15, -0.1) is 0 Å². The highest BCUT2D eigenvalue weighted by atomic mass is 32.2. The molecule has 1 aromatic carbocycles. The van der Waals surface area contributed by atoms with Gasteiger partial charge in [-0.05, 0) is 31.0 Å². The van der Waals surface area contributed by atoms with Crippen LogP contribution in [0, 0.1) is 0 Å². The van der Waals surface area contributed by atoms with E-state index >= 15 is 0 Å². The first-order valence-electron chi connectivity index (χ1n) is 10.8. The van der Waals surface area contributed by atoms with Crippen molar-refractivity contribution in [3.8, 4) is 0 Å². The number of aliphatic carboxylic acids is 1. The van der Waals surface area contributed by atoms with Crippen LogP contribution in [0.15, 0.2) is 51.1 Å². The maximum Gasteiger partial charge on any atom is 0.418 e. The summed E-state index contributed by atoms with van der Waals surface area (Å²) in [4.78, 5) is 27.6. The number of fused-ring (bicyclic) bond motifs is 1. The molecule has 2 aromatic heterocycles. The van der Waals surface area contributed by atoms with Crippen molar-refractivity contribution in [1.82, 2.24) is 18.4 Å².